The maximum Gasteiger partial charge on any atom is 0.244 e. The lowest BCUT2D eigenvalue weighted by molar-refractivity contribution is -0.120. The van der Waals surface area contributed by atoms with Crippen molar-refractivity contribution in [2.24, 2.45) is 5.10 Å². The molecular formula is C21H17ClN2O. The molecule has 0 saturated carbocycles. The van der Waals surface area contributed by atoms with Gasteiger partial charge < -0.3 is 0 Å². The fourth-order valence-electron chi connectivity index (χ4n) is 2.40. The highest BCUT2D eigenvalue weighted by Crippen LogP contribution is 2.18. The Labute approximate surface area is 152 Å². The number of nitrogens with one attached hydrogen (secondary N) is 1. The molecule has 0 aliphatic carbocycles. The quantitative estimate of drug-likeness (QED) is 0.527. The molecule has 3 aromatic carbocycles. The highest BCUT2D eigenvalue weighted by atomic mass is 35.5. The number of rotatable bonds is 5. The van der Waals surface area contributed by atoms with Gasteiger partial charge in [0.25, 0.3) is 0 Å². The Bertz CT molecular complexity index is 857. The summed E-state index contributed by atoms with van der Waals surface area (Å²) in [5, 5.41) is 4.66. The van der Waals surface area contributed by atoms with Crippen molar-refractivity contribution in [2.75, 3.05) is 0 Å². The molecule has 0 aliphatic heterocycles. The minimum atomic E-state index is -0.167. The summed E-state index contributed by atoms with van der Waals surface area (Å²) in [6, 6.07) is 25.4. The first kappa shape index (κ1) is 16.9. The van der Waals surface area contributed by atoms with Crippen LogP contribution < -0.4 is 5.43 Å². The molecule has 3 aromatic rings. The summed E-state index contributed by atoms with van der Waals surface area (Å²) in [6.07, 6.45) is 1.90. The number of amides is 1. The van der Waals surface area contributed by atoms with Crippen molar-refractivity contribution in [3.05, 3.63) is 95.0 Å². The van der Waals surface area contributed by atoms with Crippen LogP contribution in [0.25, 0.3) is 11.1 Å². The van der Waals surface area contributed by atoms with E-state index in [4.69, 9.17) is 11.6 Å². The molecule has 0 unspecified atom stereocenters. The standard InChI is InChI=1S/C21H17ClN2O/c22-20-12-8-16(9-13-20)14-21(25)24-23-15-17-6-10-19(11-7-17)18-4-2-1-3-5-18/h1-13,15H,14H2,(H,24,25). The summed E-state index contributed by atoms with van der Waals surface area (Å²) in [6.45, 7) is 0. The van der Waals surface area contributed by atoms with E-state index in [0.29, 0.717) is 5.02 Å². The van der Waals surface area contributed by atoms with Crippen LogP contribution in [0.15, 0.2) is 84.0 Å². The molecule has 0 fully saturated rings. The molecule has 1 N–H and O–H groups in total. The number of benzene rings is 3. The molecule has 0 spiro atoms. The van der Waals surface area contributed by atoms with E-state index >= 15 is 0 Å². The summed E-state index contributed by atoms with van der Waals surface area (Å²) in [4.78, 5) is 11.9. The molecule has 0 bridgehead atoms. The predicted molar refractivity (Wildman–Crippen MR) is 103 cm³/mol. The van der Waals surface area contributed by atoms with Crippen LogP contribution in [-0.4, -0.2) is 12.1 Å². The lowest BCUT2D eigenvalue weighted by Gasteiger charge is -2.02. The first-order chi connectivity index (χ1) is 12.2. The van der Waals surface area contributed by atoms with Crippen LogP contribution >= 0.6 is 11.6 Å². The zero-order chi connectivity index (χ0) is 17.5. The van der Waals surface area contributed by atoms with Crippen molar-refractivity contribution in [1.82, 2.24) is 5.43 Å². The summed E-state index contributed by atoms with van der Waals surface area (Å²) >= 11 is 5.83. The second-order valence-corrected chi connectivity index (χ2v) is 6.02. The average Bonchev–Trinajstić information content (AvgIpc) is 2.65. The summed E-state index contributed by atoms with van der Waals surface area (Å²) in [7, 11) is 0. The third-order valence-corrected chi connectivity index (χ3v) is 3.95. The number of hydrogen-bond acceptors (Lipinski definition) is 2. The molecule has 3 nitrogen and oxygen atoms in total. The Balaban J connectivity index is 1.55. The maximum absolute atomic E-state index is 11.9. The van der Waals surface area contributed by atoms with Gasteiger partial charge in [-0.25, -0.2) is 5.43 Å². The largest absolute Gasteiger partial charge is 0.273 e. The Morgan fingerprint density at radius 3 is 2.20 bits per heavy atom. The van der Waals surface area contributed by atoms with E-state index in [-0.39, 0.29) is 12.3 Å². The molecule has 25 heavy (non-hydrogen) atoms. The maximum atomic E-state index is 11.9. The zero-order valence-corrected chi connectivity index (χ0v) is 14.3. The van der Waals surface area contributed by atoms with Gasteiger partial charge in [0.15, 0.2) is 0 Å². The second kappa shape index (κ2) is 8.27. The number of hydrogen-bond donors (Lipinski definition) is 1. The van der Waals surface area contributed by atoms with Gasteiger partial charge in [0.2, 0.25) is 5.91 Å². The molecule has 3 rings (SSSR count). The van der Waals surface area contributed by atoms with Crippen molar-refractivity contribution in [2.45, 2.75) is 6.42 Å². The van der Waals surface area contributed by atoms with Crippen LogP contribution in [0.1, 0.15) is 11.1 Å². The minimum Gasteiger partial charge on any atom is -0.273 e. The summed E-state index contributed by atoms with van der Waals surface area (Å²) in [5.41, 5.74) is 6.67. The minimum absolute atomic E-state index is 0.167. The summed E-state index contributed by atoms with van der Waals surface area (Å²) in [5.74, 6) is -0.167. The Morgan fingerprint density at radius 1 is 0.880 bits per heavy atom. The highest BCUT2D eigenvalue weighted by Gasteiger charge is 2.02. The fourth-order valence-corrected chi connectivity index (χ4v) is 2.52. The van der Waals surface area contributed by atoms with E-state index < -0.39 is 0 Å². The molecular weight excluding hydrogens is 332 g/mol. The van der Waals surface area contributed by atoms with E-state index in [9.17, 15) is 4.79 Å². The monoisotopic (exact) mass is 348 g/mol. The third kappa shape index (κ3) is 5.03. The SMILES string of the molecule is O=C(Cc1ccc(Cl)cc1)NN=Cc1ccc(-c2ccccc2)cc1. The molecule has 4 heteroatoms. The number of nitrogens with zero attached hydrogens (tertiary/aromatic N) is 1. The van der Waals surface area contributed by atoms with Gasteiger partial charge in [-0.05, 0) is 34.4 Å². The number of halogens is 1. The van der Waals surface area contributed by atoms with Gasteiger partial charge in [-0.2, -0.15) is 5.10 Å². The Hall–Kier alpha value is -2.91. The van der Waals surface area contributed by atoms with Gasteiger partial charge in [0.1, 0.15) is 0 Å². The normalized spacial score (nSPS) is 10.8. The topological polar surface area (TPSA) is 41.5 Å². The number of carbonyl (C=O) groups excluding carboxylic acids is 1. The molecule has 0 saturated heterocycles. The predicted octanol–water partition coefficient (Wildman–Crippen LogP) is 4.70. The van der Waals surface area contributed by atoms with Gasteiger partial charge in [0, 0.05) is 5.02 Å². The van der Waals surface area contributed by atoms with Gasteiger partial charge in [-0.15, -0.1) is 0 Å². The van der Waals surface area contributed by atoms with E-state index in [0.717, 1.165) is 16.7 Å². The van der Waals surface area contributed by atoms with Crippen molar-refractivity contribution in [1.29, 1.82) is 0 Å². The molecule has 1 amide bonds. The third-order valence-electron chi connectivity index (χ3n) is 3.70. The Kier molecular flexibility index (Phi) is 5.60. The van der Waals surface area contributed by atoms with Crippen LogP contribution in [0.4, 0.5) is 0 Å². The molecule has 0 atom stereocenters. The fraction of sp³-hybridized carbons (Fsp3) is 0.0476. The lowest BCUT2D eigenvalue weighted by atomic mass is 10.0. The molecule has 0 radical (unpaired) electrons. The molecule has 0 aromatic heterocycles. The Morgan fingerprint density at radius 2 is 1.52 bits per heavy atom. The smallest absolute Gasteiger partial charge is 0.244 e. The first-order valence-electron chi connectivity index (χ1n) is 7.92. The van der Waals surface area contributed by atoms with Crippen LogP contribution in [0.3, 0.4) is 0 Å². The second-order valence-electron chi connectivity index (χ2n) is 5.58. The van der Waals surface area contributed by atoms with Gasteiger partial charge in [-0.3, -0.25) is 4.79 Å². The number of hydrazone groups is 1. The molecule has 0 aliphatic rings. The van der Waals surface area contributed by atoms with Crippen LogP contribution in [0, 0.1) is 0 Å². The highest BCUT2D eigenvalue weighted by molar-refractivity contribution is 6.30. The van der Waals surface area contributed by atoms with E-state index in [1.165, 1.54) is 5.56 Å². The zero-order valence-electron chi connectivity index (χ0n) is 13.5. The first-order valence-corrected chi connectivity index (χ1v) is 8.30. The van der Waals surface area contributed by atoms with Gasteiger partial charge >= 0.3 is 0 Å². The van der Waals surface area contributed by atoms with Crippen molar-refractivity contribution < 1.29 is 4.79 Å². The van der Waals surface area contributed by atoms with Crippen molar-refractivity contribution in [3.8, 4) is 11.1 Å². The van der Waals surface area contributed by atoms with E-state index in [1.807, 2.05) is 54.6 Å². The molecule has 0 heterocycles. The van der Waals surface area contributed by atoms with Gasteiger partial charge in [-0.1, -0.05) is 78.3 Å². The van der Waals surface area contributed by atoms with E-state index in [2.05, 4.69) is 22.7 Å². The van der Waals surface area contributed by atoms with Crippen LogP contribution in [-0.2, 0) is 11.2 Å². The van der Waals surface area contributed by atoms with Crippen molar-refractivity contribution >= 4 is 23.7 Å². The summed E-state index contributed by atoms with van der Waals surface area (Å²) < 4.78 is 0. The van der Waals surface area contributed by atoms with Gasteiger partial charge in [0.05, 0.1) is 12.6 Å². The van der Waals surface area contributed by atoms with Crippen molar-refractivity contribution in [3.63, 3.8) is 0 Å². The lowest BCUT2D eigenvalue weighted by Crippen LogP contribution is -2.19. The number of carbonyl (C=O) groups is 1. The average molecular weight is 349 g/mol. The van der Waals surface area contributed by atoms with Crippen LogP contribution in [0.5, 0.6) is 0 Å². The molecule has 124 valence electrons. The van der Waals surface area contributed by atoms with Crippen LogP contribution in [0.2, 0.25) is 5.02 Å². The van der Waals surface area contributed by atoms with E-state index in [1.54, 1.807) is 18.3 Å².